The van der Waals surface area contributed by atoms with Gasteiger partial charge in [-0.05, 0) is 54.8 Å². The van der Waals surface area contributed by atoms with E-state index in [2.05, 4.69) is 15.6 Å². The van der Waals surface area contributed by atoms with E-state index >= 15 is 0 Å². The molecule has 7 heteroatoms. The quantitative estimate of drug-likeness (QED) is 0.541. The van der Waals surface area contributed by atoms with Crippen molar-refractivity contribution in [2.45, 2.75) is 55.1 Å². The van der Waals surface area contributed by atoms with E-state index < -0.39 is 15.7 Å². The van der Waals surface area contributed by atoms with Gasteiger partial charge in [0.15, 0.2) is 5.66 Å². The number of aromatic nitrogens is 1. The zero-order chi connectivity index (χ0) is 22.9. The van der Waals surface area contributed by atoms with E-state index in [9.17, 15) is 8.42 Å². The van der Waals surface area contributed by atoms with Crippen molar-refractivity contribution >= 4 is 21.4 Å². The monoisotopic (exact) mass is 462 g/mol. The van der Waals surface area contributed by atoms with Gasteiger partial charge in [-0.1, -0.05) is 49.6 Å². The molecule has 6 nitrogen and oxygen atoms in total. The Morgan fingerprint density at radius 2 is 1.55 bits per heavy atom. The molecule has 0 bridgehead atoms. The van der Waals surface area contributed by atoms with Crippen LogP contribution in [0.4, 0.5) is 11.4 Å². The predicted octanol–water partition coefficient (Wildman–Crippen LogP) is 4.97. The molecule has 3 aromatic rings. The van der Waals surface area contributed by atoms with Crippen LogP contribution >= 0.6 is 0 Å². The molecule has 2 N–H and O–H groups in total. The Bertz CT molecular complexity index is 1180. The topological polar surface area (TPSA) is 74.3 Å². The summed E-state index contributed by atoms with van der Waals surface area (Å²) in [6.07, 6.45) is 7.68. The van der Waals surface area contributed by atoms with Gasteiger partial charge in [-0.2, -0.15) is 4.31 Å². The Morgan fingerprint density at radius 3 is 2.15 bits per heavy atom. The number of anilines is 2. The van der Waals surface area contributed by atoms with Crippen LogP contribution < -0.4 is 10.6 Å². The molecular weight excluding hydrogens is 432 g/mol. The van der Waals surface area contributed by atoms with Crippen molar-refractivity contribution in [3.05, 3.63) is 84.2 Å². The second-order valence-corrected chi connectivity index (χ2v) is 11.0. The standard InChI is InChI=1S/C26H30N4O2S/c1-30(21-9-3-2-4-10-21)33(31,32)22-16-14-20(15-17-22)19-26(25-13-7-8-18-27-25)28-23-11-5-6-12-24(23)29-26/h5-8,11-18,21,28-29H,2-4,9-10,19H2,1H3. The van der Waals surface area contributed by atoms with Gasteiger partial charge in [0.2, 0.25) is 10.0 Å². The lowest BCUT2D eigenvalue weighted by Crippen LogP contribution is -2.42. The molecule has 172 valence electrons. The molecule has 0 radical (unpaired) electrons. The summed E-state index contributed by atoms with van der Waals surface area (Å²) in [6.45, 7) is 0. The Balaban J connectivity index is 1.40. The highest BCUT2D eigenvalue weighted by molar-refractivity contribution is 7.89. The molecule has 1 saturated carbocycles. The van der Waals surface area contributed by atoms with Gasteiger partial charge < -0.3 is 10.6 Å². The number of nitrogens with one attached hydrogen (secondary N) is 2. The van der Waals surface area contributed by atoms with Crippen LogP contribution in [0.25, 0.3) is 0 Å². The molecule has 0 atom stereocenters. The molecule has 0 saturated heterocycles. The number of benzene rings is 2. The van der Waals surface area contributed by atoms with E-state index in [0.29, 0.717) is 11.3 Å². The normalized spacial score (nSPS) is 17.9. The lowest BCUT2D eigenvalue weighted by atomic mass is 9.96. The van der Waals surface area contributed by atoms with E-state index in [1.165, 1.54) is 6.42 Å². The summed E-state index contributed by atoms with van der Waals surface area (Å²) in [7, 11) is -1.78. The lowest BCUT2D eigenvalue weighted by molar-refractivity contribution is 0.286. The van der Waals surface area contributed by atoms with Gasteiger partial charge in [-0.25, -0.2) is 8.42 Å². The van der Waals surface area contributed by atoms with E-state index in [-0.39, 0.29) is 6.04 Å². The summed E-state index contributed by atoms with van der Waals surface area (Å²) < 4.78 is 28.0. The van der Waals surface area contributed by atoms with Gasteiger partial charge in [0.25, 0.3) is 0 Å². The minimum atomic E-state index is -3.50. The Morgan fingerprint density at radius 1 is 0.909 bits per heavy atom. The summed E-state index contributed by atoms with van der Waals surface area (Å²) in [5, 5.41) is 7.24. The summed E-state index contributed by atoms with van der Waals surface area (Å²) in [4.78, 5) is 4.97. The van der Waals surface area contributed by atoms with Gasteiger partial charge in [-0.3, -0.25) is 4.98 Å². The Labute approximate surface area is 196 Å². The van der Waals surface area contributed by atoms with Crippen LogP contribution in [0, 0.1) is 0 Å². The molecule has 1 fully saturated rings. The molecule has 0 spiro atoms. The molecule has 2 aliphatic rings. The highest BCUT2D eigenvalue weighted by Crippen LogP contribution is 2.40. The SMILES string of the molecule is CN(C1CCCCC1)S(=O)(=O)c1ccc(CC2(c3ccccn3)Nc3ccccc3N2)cc1. The number of hydrogen-bond acceptors (Lipinski definition) is 5. The van der Waals surface area contributed by atoms with Crippen LogP contribution in [0.5, 0.6) is 0 Å². The van der Waals surface area contributed by atoms with Crippen LogP contribution in [0.15, 0.2) is 77.8 Å². The van der Waals surface area contributed by atoms with Crippen molar-refractivity contribution in [2.75, 3.05) is 17.7 Å². The van der Waals surface area contributed by atoms with Gasteiger partial charge in [0.05, 0.1) is 22.0 Å². The predicted molar refractivity (Wildman–Crippen MR) is 132 cm³/mol. The molecule has 2 aromatic carbocycles. The summed E-state index contributed by atoms with van der Waals surface area (Å²) in [6, 6.07) is 21.4. The summed E-state index contributed by atoms with van der Waals surface area (Å²) in [5.74, 6) is 0. The van der Waals surface area contributed by atoms with E-state index in [4.69, 9.17) is 0 Å². The molecule has 1 aliphatic heterocycles. The molecule has 2 heterocycles. The zero-order valence-corrected chi connectivity index (χ0v) is 19.7. The average Bonchev–Trinajstić information content (AvgIpc) is 3.24. The molecule has 1 aliphatic carbocycles. The number of hydrogen-bond donors (Lipinski definition) is 2. The number of rotatable bonds is 6. The second-order valence-electron chi connectivity index (χ2n) is 9.05. The lowest BCUT2D eigenvalue weighted by Gasteiger charge is -2.31. The van der Waals surface area contributed by atoms with Crippen LogP contribution in [-0.4, -0.2) is 30.8 Å². The van der Waals surface area contributed by atoms with Crippen LogP contribution in [0.2, 0.25) is 0 Å². The maximum absolute atomic E-state index is 13.2. The van der Waals surface area contributed by atoms with Crippen molar-refractivity contribution in [1.82, 2.24) is 9.29 Å². The third-order valence-corrected chi connectivity index (χ3v) is 8.81. The zero-order valence-electron chi connectivity index (χ0n) is 18.9. The summed E-state index contributed by atoms with van der Waals surface area (Å²) >= 11 is 0. The number of pyridine rings is 1. The van der Waals surface area contributed by atoms with Crippen LogP contribution in [0.3, 0.4) is 0 Å². The summed E-state index contributed by atoms with van der Waals surface area (Å²) in [5.41, 5.74) is 3.35. The van der Waals surface area contributed by atoms with E-state index in [0.717, 1.165) is 48.3 Å². The van der Waals surface area contributed by atoms with Crippen molar-refractivity contribution in [2.24, 2.45) is 0 Å². The maximum Gasteiger partial charge on any atom is 0.243 e. The molecule has 33 heavy (non-hydrogen) atoms. The van der Waals surface area contributed by atoms with Crippen molar-refractivity contribution in [3.8, 4) is 0 Å². The number of sulfonamides is 1. The third-order valence-electron chi connectivity index (χ3n) is 6.88. The Hall–Kier alpha value is -2.90. The number of fused-ring (bicyclic) bond motifs is 1. The molecule has 5 rings (SSSR count). The van der Waals surface area contributed by atoms with Crippen LogP contribution in [0.1, 0.15) is 43.4 Å². The Kier molecular flexibility index (Phi) is 5.85. The second kappa shape index (κ2) is 8.80. The fourth-order valence-corrected chi connectivity index (χ4v) is 6.42. The van der Waals surface area contributed by atoms with Crippen molar-refractivity contribution in [1.29, 1.82) is 0 Å². The molecule has 0 unspecified atom stereocenters. The highest BCUT2D eigenvalue weighted by atomic mass is 32.2. The van der Waals surface area contributed by atoms with Gasteiger partial charge in [0, 0.05) is 25.7 Å². The fourth-order valence-electron chi connectivity index (χ4n) is 5.01. The third kappa shape index (κ3) is 4.23. The smallest absolute Gasteiger partial charge is 0.243 e. The van der Waals surface area contributed by atoms with Crippen LogP contribution in [-0.2, 0) is 22.1 Å². The first-order valence-electron chi connectivity index (χ1n) is 11.6. The molecule has 1 aromatic heterocycles. The van der Waals surface area contributed by atoms with Crippen molar-refractivity contribution < 1.29 is 8.42 Å². The average molecular weight is 463 g/mol. The maximum atomic E-state index is 13.2. The minimum Gasteiger partial charge on any atom is -0.356 e. The molecular formula is C26H30N4O2S. The number of para-hydroxylation sites is 2. The first kappa shape index (κ1) is 21.9. The van der Waals surface area contributed by atoms with Gasteiger partial charge in [0.1, 0.15) is 0 Å². The van der Waals surface area contributed by atoms with Gasteiger partial charge in [-0.15, -0.1) is 0 Å². The minimum absolute atomic E-state index is 0.0984. The highest BCUT2D eigenvalue weighted by Gasteiger charge is 2.39. The van der Waals surface area contributed by atoms with Crippen molar-refractivity contribution in [3.63, 3.8) is 0 Å². The first-order valence-corrected chi connectivity index (χ1v) is 13.1. The largest absolute Gasteiger partial charge is 0.356 e. The molecule has 0 amide bonds. The van der Waals surface area contributed by atoms with E-state index in [1.54, 1.807) is 29.7 Å². The fraction of sp³-hybridized carbons (Fsp3) is 0.346. The van der Waals surface area contributed by atoms with E-state index in [1.807, 2.05) is 54.6 Å². The first-order chi connectivity index (χ1) is 16.0. The van der Waals surface area contributed by atoms with Gasteiger partial charge >= 0.3 is 0 Å². The number of nitrogens with zero attached hydrogens (tertiary/aromatic N) is 2.